The molecule has 2 aromatic heterocycles. The van der Waals surface area contributed by atoms with E-state index in [0.29, 0.717) is 12.4 Å². The third-order valence-corrected chi connectivity index (χ3v) is 3.33. The Hall–Kier alpha value is -1.63. The van der Waals surface area contributed by atoms with Crippen LogP contribution in [0.15, 0.2) is 42.7 Å². The second-order valence-corrected chi connectivity index (χ2v) is 5.33. The molecule has 0 saturated heterocycles. The van der Waals surface area contributed by atoms with Gasteiger partial charge in [-0.05, 0) is 34.7 Å². The number of halogens is 1. The van der Waals surface area contributed by atoms with Crippen LogP contribution in [0.25, 0.3) is 10.9 Å². The van der Waals surface area contributed by atoms with Gasteiger partial charge in [0.05, 0.1) is 21.8 Å². The van der Waals surface area contributed by atoms with Crippen molar-refractivity contribution < 1.29 is 0 Å². The maximum atomic E-state index is 5.99. The van der Waals surface area contributed by atoms with E-state index in [1.807, 2.05) is 41.3 Å². The van der Waals surface area contributed by atoms with Crippen LogP contribution in [0, 0.1) is 3.57 Å². The van der Waals surface area contributed by atoms with Gasteiger partial charge in [-0.15, -0.1) is 0 Å². The SMILES string of the molecule is Nc1nc2ccccc2cc1Cn1cc(I)cn1. The molecule has 0 saturated carbocycles. The third-order valence-electron chi connectivity index (χ3n) is 2.77. The van der Waals surface area contributed by atoms with E-state index in [1.165, 1.54) is 0 Å². The molecule has 3 rings (SSSR count). The number of hydrogen-bond donors (Lipinski definition) is 1. The molecule has 0 fully saturated rings. The van der Waals surface area contributed by atoms with Crippen LogP contribution in [0.5, 0.6) is 0 Å². The Morgan fingerprint density at radius 3 is 2.89 bits per heavy atom. The Kier molecular flexibility index (Phi) is 2.91. The zero-order valence-electron chi connectivity index (χ0n) is 9.55. The van der Waals surface area contributed by atoms with Crippen molar-refractivity contribution in [2.45, 2.75) is 6.54 Å². The van der Waals surface area contributed by atoms with Crippen molar-refractivity contribution in [1.29, 1.82) is 0 Å². The fourth-order valence-electron chi connectivity index (χ4n) is 1.90. The number of aromatic nitrogens is 3. The topological polar surface area (TPSA) is 56.7 Å². The van der Waals surface area contributed by atoms with E-state index in [-0.39, 0.29) is 0 Å². The van der Waals surface area contributed by atoms with E-state index in [0.717, 1.165) is 20.0 Å². The Labute approximate surface area is 118 Å². The number of nitrogen functional groups attached to an aromatic ring is 1. The van der Waals surface area contributed by atoms with Crippen molar-refractivity contribution >= 4 is 39.3 Å². The van der Waals surface area contributed by atoms with Crippen LogP contribution in [-0.2, 0) is 6.54 Å². The highest BCUT2D eigenvalue weighted by Crippen LogP contribution is 2.19. The monoisotopic (exact) mass is 350 g/mol. The first-order valence-corrected chi connectivity index (χ1v) is 6.62. The average molecular weight is 350 g/mol. The van der Waals surface area contributed by atoms with Crippen LogP contribution >= 0.6 is 22.6 Å². The average Bonchev–Trinajstić information content (AvgIpc) is 2.76. The summed E-state index contributed by atoms with van der Waals surface area (Å²) in [4.78, 5) is 4.41. The molecule has 0 spiro atoms. The number of benzene rings is 1. The van der Waals surface area contributed by atoms with E-state index in [1.54, 1.807) is 0 Å². The molecule has 0 unspecified atom stereocenters. The van der Waals surface area contributed by atoms with Crippen LogP contribution in [0.2, 0.25) is 0 Å². The minimum Gasteiger partial charge on any atom is -0.383 e. The summed E-state index contributed by atoms with van der Waals surface area (Å²) in [7, 11) is 0. The van der Waals surface area contributed by atoms with Crippen LogP contribution in [-0.4, -0.2) is 14.8 Å². The van der Waals surface area contributed by atoms with Gasteiger partial charge < -0.3 is 5.73 Å². The lowest BCUT2D eigenvalue weighted by molar-refractivity contribution is 0.687. The minimum absolute atomic E-state index is 0.569. The molecule has 90 valence electrons. The van der Waals surface area contributed by atoms with Gasteiger partial charge in [-0.3, -0.25) is 4.68 Å². The maximum absolute atomic E-state index is 5.99. The molecular weight excluding hydrogens is 339 g/mol. The number of hydrogen-bond acceptors (Lipinski definition) is 3. The van der Waals surface area contributed by atoms with Gasteiger partial charge in [0.15, 0.2) is 0 Å². The molecule has 0 aliphatic heterocycles. The summed E-state index contributed by atoms with van der Waals surface area (Å²) >= 11 is 2.24. The van der Waals surface area contributed by atoms with Crippen LogP contribution in [0.1, 0.15) is 5.56 Å². The fourth-order valence-corrected chi connectivity index (χ4v) is 2.35. The summed E-state index contributed by atoms with van der Waals surface area (Å²) < 4.78 is 2.98. The highest BCUT2D eigenvalue weighted by molar-refractivity contribution is 14.1. The number of nitrogens with zero attached hydrogens (tertiary/aromatic N) is 3. The third kappa shape index (κ3) is 2.17. The predicted octanol–water partition coefficient (Wildman–Crippen LogP) is 2.67. The number of anilines is 1. The first-order chi connectivity index (χ1) is 8.72. The molecule has 0 aliphatic carbocycles. The van der Waals surface area contributed by atoms with E-state index < -0.39 is 0 Å². The number of pyridine rings is 1. The van der Waals surface area contributed by atoms with E-state index in [9.17, 15) is 0 Å². The quantitative estimate of drug-likeness (QED) is 0.723. The Morgan fingerprint density at radius 2 is 2.11 bits per heavy atom. The van der Waals surface area contributed by atoms with Gasteiger partial charge >= 0.3 is 0 Å². The zero-order valence-corrected chi connectivity index (χ0v) is 11.7. The second kappa shape index (κ2) is 4.56. The van der Waals surface area contributed by atoms with Gasteiger partial charge in [-0.1, -0.05) is 18.2 Å². The molecule has 4 nitrogen and oxygen atoms in total. The lowest BCUT2D eigenvalue weighted by Gasteiger charge is -2.07. The fraction of sp³-hybridized carbons (Fsp3) is 0.0769. The summed E-state index contributed by atoms with van der Waals surface area (Å²) in [5, 5.41) is 5.36. The normalized spacial score (nSPS) is 10.9. The second-order valence-electron chi connectivity index (χ2n) is 4.08. The molecule has 1 aromatic carbocycles. The molecule has 2 N–H and O–H groups in total. The smallest absolute Gasteiger partial charge is 0.129 e. The van der Waals surface area contributed by atoms with E-state index >= 15 is 0 Å². The zero-order chi connectivity index (χ0) is 12.5. The molecule has 0 bridgehead atoms. The minimum atomic E-state index is 0.569. The number of rotatable bonds is 2. The number of nitrogens with two attached hydrogens (primary N) is 1. The molecule has 0 amide bonds. The predicted molar refractivity (Wildman–Crippen MR) is 80.2 cm³/mol. The Balaban J connectivity index is 2.03. The Morgan fingerprint density at radius 1 is 1.28 bits per heavy atom. The van der Waals surface area contributed by atoms with Crippen LogP contribution < -0.4 is 5.73 Å². The highest BCUT2D eigenvalue weighted by atomic mass is 127. The van der Waals surface area contributed by atoms with Crippen molar-refractivity contribution in [3.05, 3.63) is 51.9 Å². The number of fused-ring (bicyclic) bond motifs is 1. The Bertz CT molecular complexity index is 705. The van der Waals surface area contributed by atoms with Gasteiger partial charge in [0.1, 0.15) is 5.82 Å². The molecular formula is C13H11IN4. The summed E-state index contributed by atoms with van der Waals surface area (Å²) in [6, 6.07) is 10.0. The maximum Gasteiger partial charge on any atom is 0.129 e. The van der Waals surface area contributed by atoms with Gasteiger partial charge in [0, 0.05) is 17.1 Å². The van der Waals surface area contributed by atoms with Crippen molar-refractivity contribution in [2.24, 2.45) is 0 Å². The molecule has 3 aromatic rings. The van der Waals surface area contributed by atoms with Crippen molar-refractivity contribution in [2.75, 3.05) is 5.73 Å². The van der Waals surface area contributed by atoms with Gasteiger partial charge in [-0.2, -0.15) is 5.10 Å². The lowest BCUT2D eigenvalue weighted by Crippen LogP contribution is -2.05. The highest BCUT2D eigenvalue weighted by Gasteiger charge is 2.05. The van der Waals surface area contributed by atoms with Crippen molar-refractivity contribution in [3.8, 4) is 0 Å². The molecule has 18 heavy (non-hydrogen) atoms. The summed E-state index contributed by atoms with van der Waals surface area (Å²) in [6.45, 7) is 0.646. The van der Waals surface area contributed by atoms with Gasteiger partial charge in [0.2, 0.25) is 0 Å². The summed E-state index contributed by atoms with van der Waals surface area (Å²) in [5.74, 6) is 0.569. The lowest BCUT2D eigenvalue weighted by atomic mass is 10.1. The van der Waals surface area contributed by atoms with Crippen molar-refractivity contribution in [1.82, 2.24) is 14.8 Å². The number of para-hydroxylation sites is 1. The van der Waals surface area contributed by atoms with Gasteiger partial charge in [0.25, 0.3) is 0 Å². The van der Waals surface area contributed by atoms with E-state index in [4.69, 9.17) is 5.73 Å². The first-order valence-electron chi connectivity index (χ1n) is 5.54. The molecule has 0 atom stereocenters. The first kappa shape index (κ1) is 11.5. The largest absolute Gasteiger partial charge is 0.383 e. The van der Waals surface area contributed by atoms with Crippen LogP contribution in [0.3, 0.4) is 0 Å². The molecule has 0 radical (unpaired) electrons. The standard InChI is InChI=1S/C13H11IN4/c14-11-6-16-18(8-11)7-10-5-9-3-1-2-4-12(9)17-13(10)15/h1-6,8H,7H2,(H2,15,17). The summed E-state index contributed by atoms with van der Waals surface area (Å²) in [5.41, 5.74) is 7.91. The van der Waals surface area contributed by atoms with Crippen LogP contribution in [0.4, 0.5) is 5.82 Å². The van der Waals surface area contributed by atoms with Crippen molar-refractivity contribution in [3.63, 3.8) is 0 Å². The van der Waals surface area contributed by atoms with Gasteiger partial charge in [-0.25, -0.2) is 4.98 Å². The van der Waals surface area contributed by atoms with E-state index in [2.05, 4.69) is 38.7 Å². The molecule has 5 heteroatoms. The molecule has 2 heterocycles. The molecule has 0 aliphatic rings. The summed E-state index contributed by atoms with van der Waals surface area (Å²) in [6.07, 6.45) is 3.81.